The Labute approximate surface area is 115 Å². The molecule has 0 aromatic carbocycles. The van der Waals surface area contributed by atoms with Gasteiger partial charge in [-0.25, -0.2) is 4.39 Å². The molecular weight excluding hydrogens is 243 g/mol. The zero-order chi connectivity index (χ0) is 13.4. The molecule has 0 bridgehead atoms. The standard InChI is InChI=1S/C15H27FN2O/c1-18-9-11(5-10-3-2-4-17-8-10)15-13(18)6-12(16)7-14(15)19/h10-15,17,19H,2-9H2,1H3/t10-,11?,12?,13?,14?,15?/m1/s1. The molecule has 2 heterocycles. The van der Waals surface area contributed by atoms with Gasteiger partial charge in [-0.1, -0.05) is 0 Å². The molecule has 5 unspecified atom stereocenters. The molecule has 2 saturated heterocycles. The van der Waals surface area contributed by atoms with Crippen LogP contribution in [-0.4, -0.2) is 55.0 Å². The van der Waals surface area contributed by atoms with Crippen LogP contribution < -0.4 is 5.32 Å². The van der Waals surface area contributed by atoms with Crippen molar-refractivity contribution in [3.8, 4) is 0 Å². The fourth-order valence-electron chi connectivity index (χ4n) is 4.71. The summed E-state index contributed by atoms with van der Waals surface area (Å²) in [6.45, 7) is 3.31. The molecule has 0 amide bonds. The Hall–Kier alpha value is -0.190. The lowest BCUT2D eigenvalue weighted by Crippen LogP contribution is -2.44. The first-order valence-corrected chi connectivity index (χ1v) is 7.88. The average molecular weight is 270 g/mol. The number of aliphatic hydroxyl groups excluding tert-OH is 1. The maximum Gasteiger partial charge on any atom is 0.104 e. The second kappa shape index (κ2) is 5.66. The summed E-state index contributed by atoms with van der Waals surface area (Å²) in [5.74, 6) is 1.61. The van der Waals surface area contributed by atoms with Crippen molar-refractivity contribution in [1.29, 1.82) is 0 Å². The number of nitrogens with one attached hydrogen (secondary N) is 1. The lowest BCUT2D eigenvalue weighted by molar-refractivity contribution is -0.00553. The van der Waals surface area contributed by atoms with Gasteiger partial charge in [0.25, 0.3) is 0 Å². The van der Waals surface area contributed by atoms with E-state index in [1.807, 2.05) is 0 Å². The maximum atomic E-state index is 13.6. The van der Waals surface area contributed by atoms with E-state index in [9.17, 15) is 9.50 Å². The summed E-state index contributed by atoms with van der Waals surface area (Å²) in [6.07, 6.45) is 3.52. The van der Waals surface area contributed by atoms with Crippen molar-refractivity contribution in [1.82, 2.24) is 10.2 Å². The van der Waals surface area contributed by atoms with Crippen molar-refractivity contribution in [2.75, 3.05) is 26.7 Å². The molecule has 1 aliphatic carbocycles. The van der Waals surface area contributed by atoms with E-state index in [4.69, 9.17) is 0 Å². The van der Waals surface area contributed by atoms with Crippen LogP contribution in [0.15, 0.2) is 0 Å². The number of halogens is 1. The lowest BCUT2D eigenvalue weighted by Gasteiger charge is -2.37. The second-order valence-corrected chi connectivity index (χ2v) is 6.93. The molecule has 0 radical (unpaired) electrons. The summed E-state index contributed by atoms with van der Waals surface area (Å²) >= 11 is 0. The van der Waals surface area contributed by atoms with Gasteiger partial charge in [0.05, 0.1) is 6.10 Å². The van der Waals surface area contributed by atoms with Gasteiger partial charge in [0.2, 0.25) is 0 Å². The van der Waals surface area contributed by atoms with Crippen LogP contribution in [0.3, 0.4) is 0 Å². The number of fused-ring (bicyclic) bond motifs is 1. The Kier molecular flexibility index (Phi) is 4.11. The highest BCUT2D eigenvalue weighted by atomic mass is 19.1. The van der Waals surface area contributed by atoms with E-state index in [1.54, 1.807) is 0 Å². The third-order valence-electron chi connectivity index (χ3n) is 5.55. The number of alkyl halides is 1. The van der Waals surface area contributed by atoms with Gasteiger partial charge in [0.1, 0.15) is 6.17 Å². The van der Waals surface area contributed by atoms with Crippen LogP contribution in [0.4, 0.5) is 4.39 Å². The first-order valence-electron chi connectivity index (χ1n) is 7.88. The molecule has 3 aliphatic rings. The molecule has 2 N–H and O–H groups in total. The van der Waals surface area contributed by atoms with Crippen LogP contribution in [0, 0.1) is 17.8 Å². The van der Waals surface area contributed by atoms with E-state index in [0.717, 1.165) is 25.6 Å². The van der Waals surface area contributed by atoms with Crippen LogP contribution in [0.1, 0.15) is 32.1 Å². The zero-order valence-corrected chi connectivity index (χ0v) is 11.9. The number of hydrogen-bond acceptors (Lipinski definition) is 3. The third-order valence-corrected chi connectivity index (χ3v) is 5.55. The van der Waals surface area contributed by atoms with Gasteiger partial charge in [0, 0.05) is 24.9 Å². The molecule has 1 saturated carbocycles. The predicted molar refractivity (Wildman–Crippen MR) is 73.7 cm³/mol. The van der Waals surface area contributed by atoms with E-state index in [0.29, 0.717) is 24.7 Å². The van der Waals surface area contributed by atoms with Crippen molar-refractivity contribution in [2.45, 2.75) is 50.4 Å². The van der Waals surface area contributed by atoms with E-state index in [2.05, 4.69) is 17.3 Å². The van der Waals surface area contributed by atoms with Crippen LogP contribution in [0.25, 0.3) is 0 Å². The molecule has 6 atom stereocenters. The highest BCUT2D eigenvalue weighted by Crippen LogP contribution is 2.43. The largest absolute Gasteiger partial charge is 0.393 e. The topological polar surface area (TPSA) is 35.5 Å². The van der Waals surface area contributed by atoms with Crippen molar-refractivity contribution >= 4 is 0 Å². The van der Waals surface area contributed by atoms with Crippen molar-refractivity contribution in [3.63, 3.8) is 0 Å². The SMILES string of the molecule is CN1CC(C[C@H]2CCCNC2)C2C(O)CC(F)CC21. The minimum Gasteiger partial charge on any atom is -0.393 e. The highest BCUT2D eigenvalue weighted by Gasteiger charge is 2.48. The Morgan fingerprint density at radius 2 is 2.21 bits per heavy atom. The van der Waals surface area contributed by atoms with E-state index in [-0.39, 0.29) is 6.04 Å². The number of aliphatic hydroxyl groups is 1. The summed E-state index contributed by atoms with van der Waals surface area (Å²) < 4.78 is 13.6. The monoisotopic (exact) mass is 270 g/mol. The quantitative estimate of drug-likeness (QED) is 0.796. The normalized spacial score (nSPS) is 48.2. The lowest BCUT2D eigenvalue weighted by atomic mass is 9.73. The molecule has 110 valence electrons. The molecule has 19 heavy (non-hydrogen) atoms. The van der Waals surface area contributed by atoms with Crippen LogP contribution in [-0.2, 0) is 0 Å². The molecule has 3 nitrogen and oxygen atoms in total. The Bertz CT molecular complexity index is 309. The summed E-state index contributed by atoms with van der Waals surface area (Å²) in [4.78, 5) is 2.29. The third kappa shape index (κ3) is 2.81. The smallest absolute Gasteiger partial charge is 0.104 e. The Morgan fingerprint density at radius 1 is 1.37 bits per heavy atom. The average Bonchev–Trinajstić information content (AvgIpc) is 2.67. The fraction of sp³-hybridized carbons (Fsp3) is 1.00. The molecule has 3 fully saturated rings. The van der Waals surface area contributed by atoms with Gasteiger partial charge < -0.3 is 15.3 Å². The van der Waals surface area contributed by atoms with Gasteiger partial charge in [-0.05, 0) is 57.7 Å². The Balaban J connectivity index is 1.65. The molecule has 3 rings (SSSR count). The van der Waals surface area contributed by atoms with E-state index in [1.165, 1.54) is 19.3 Å². The minimum atomic E-state index is -0.811. The van der Waals surface area contributed by atoms with Gasteiger partial charge >= 0.3 is 0 Å². The number of hydrogen-bond donors (Lipinski definition) is 2. The first kappa shape index (κ1) is 13.8. The van der Waals surface area contributed by atoms with Crippen LogP contribution >= 0.6 is 0 Å². The molecule has 0 aromatic rings. The van der Waals surface area contributed by atoms with Crippen molar-refractivity contribution < 1.29 is 9.50 Å². The number of rotatable bonds is 2. The molecule has 4 heteroatoms. The minimum absolute atomic E-state index is 0.264. The fourth-order valence-corrected chi connectivity index (χ4v) is 4.71. The second-order valence-electron chi connectivity index (χ2n) is 6.93. The maximum absolute atomic E-state index is 13.6. The van der Waals surface area contributed by atoms with Gasteiger partial charge in [-0.2, -0.15) is 0 Å². The van der Waals surface area contributed by atoms with E-state index < -0.39 is 12.3 Å². The van der Waals surface area contributed by atoms with Gasteiger partial charge in [0.15, 0.2) is 0 Å². The van der Waals surface area contributed by atoms with Gasteiger partial charge in [-0.15, -0.1) is 0 Å². The molecular formula is C15H27FN2O. The molecule has 0 spiro atoms. The summed E-state index contributed by atoms with van der Waals surface area (Å²) in [6, 6.07) is 0.264. The van der Waals surface area contributed by atoms with Crippen LogP contribution in [0.5, 0.6) is 0 Å². The number of likely N-dealkylation sites (tertiary alicyclic amines) is 1. The first-order chi connectivity index (χ1) is 9.15. The predicted octanol–water partition coefficient (Wildman–Crippen LogP) is 1.42. The summed E-state index contributed by atoms with van der Waals surface area (Å²) in [5.41, 5.74) is 0. The van der Waals surface area contributed by atoms with Crippen molar-refractivity contribution in [3.05, 3.63) is 0 Å². The van der Waals surface area contributed by atoms with Gasteiger partial charge in [-0.3, -0.25) is 0 Å². The number of piperidine rings is 1. The summed E-state index contributed by atoms with van der Waals surface area (Å²) in [5, 5.41) is 13.8. The van der Waals surface area contributed by atoms with Crippen LogP contribution in [0.2, 0.25) is 0 Å². The van der Waals surface area contributed by atoms with E-state index >= 15 is 0 Å². The molecule has 2 aliphatic heterocycles. The Morgan fingerprint density at radius 3 is 2.95 bits per heavy atom. The van der Waals surface area contributed by atoms with Crippen molar-refractivity contribution in [2.24, 2.45) is 17.8 Å². The molecule has 0 aromatic heterocycles. The number of nitrogens with zero attached hydrogens (tertiary/aromatic N) is 1. The summed E-state index contributed by atoms with van der Waals surface area (Å²) in [7, 11) is 2.10. The zero-order valence-electron chi connectivity index (χ0n) is 11.9. The highest BCUT2D eigenvalue weighted by molar-refractivity contribution is 5.00.